The van der Waals surface area contributed by atoms with E-state index in [1.807, 2.05) is 6.92 Å². The molecule has 0 aromatic carbocycles. The number of rotatable bonds is 6. The molecule has 1 aliphatic rings. The predicted octanol–water partition coefficient (Wildman–Crippen LogP) is 2.73. The average molecular weight is 216 g/mol. The number of hydrogen-bond acceptors (Lipinski definition) is 3. The Labute approximate surface area is 93.1 Å². The van der Waals surface area contributed by atoms with E-state index in [1.54, 1.807) is 0 Å². The fourth-order valence-electron chi connectivity index (χ4n) is 2.09. The molecule has 0 aromatic heterocycles. The molecule has 0 spiro atoms. The lowest BCUT2D eigenvalue weighted by Gasteiger charge is -2.40. The molecule has 90 valence electrons. The zero-order chi connectivity index (χ0) is 11.1. The Bertz CT molecular complexity index is 154. The molecule has 0 unspecified atom stereocenters. The molecule has 15 heavy (non-hydrogen) atoms. The second-order valence-electron chi connectivity index (χ2n) is 4.11. The van der Waals surface area contributed by atoms with Crippen LogP contribution in [0.4, 0.5) is 0 Å². The van der Waals surface area contributed by atoms with Crippen molar-refractivity contribution in [3.8, 4) is 0 Å². The zero-order valence-corrected chi connectivity index (χ0v) is 10.3. The molecular weight excluding hydrogens is 192 g/mol. The molecule has 0 radical (unpaired) electrons. The van der Waals surface area contributed by atoms with Crippen LogP contribution in [0.3, 0.4) is 0 Å². The average Bonchev–Trinajstić information content (AvgIpc) is 2.23. The van der Waals surface area contributed by atoms with Gasteiger partial charge in [-0.2, -0.15) is 0 Å². The quantitative estimate of drug-likeness (QED) is 0.683. The molecule has 0 atom stereocenters. The highest BCUT2D eigenvalue weighted by molar-refractivity contribution is 4.75. The Morgan fingerprint density at radius 3 is 2.00 bits per heavy atom. The third-order valence-electron chi connectivity index (χ3n) is 2.73. The van der Waals surface area contributed by atoms with E-state index in [0.717, 1.165) is 32.3 Å². The minimum Gasteiger partial charge on any atom is -0.374 e. The van der Waals surface area contributed by atoms with Gasteiger partial charge in [0.2, 0.25) is 0 Å². The summed E-state index contributed by atoms with van der Waals surface area (Å²) in [4.78, 5) is 0. The van der Waals surface area contributed by atoms with Gasteiger partial charge in [-0.05, 0) is 6.92 Å². The maximum absolute atomic E-state index is 5.86. The fraction of sp³-hybridized carbons (Fsp3) is 1.00. The van der Waals surface area contributed by atoms with Crippen molar-refractivity contribution < 1.29 is 14.2 Å². The number of hydrogen-bond donors (Lipinski definition) is 0. The molecule has 1 fully saturated rings. The molecule has 1 aliphatic heterocycles. The van der Waals surface area contributed by atoms with Gasteiger partial charge in [0.05, 0.1) is 13.2 Å². The molecule has 0 N–H and O–H groups in total. The van der Waals surface area contributed by atoms with Gasteiger partial charge >= 0.3 is 0 Å². The van der Waals surface area contributed by atoms with Gasteiger partial charge in [-0.3, -0.25) is 0 Å². The van der Waals surface area contributed by atoms with Crippen LogP contribution in [0.5, 0.6) is 0 Å². The Kier molecular flexibility index (Phi) is 5.58. The second-order valence-corrected chi connectivity index (χ2v) is 4.11. The van der Waals surface area contributed by atoms with E-state index in [-0.39, 0.29) is 11.9 Å². The van der Waals surface area contributed by atoms with E-state index in [0.29, 0.717) is 13.2 Å². The van der Waals surface area contributed by atoms with Crippen LogP contribution in [-0.2, 0) is 14.2 Å². The second kappa shape index (κ2) is 6.46. The molecule has 1 rings (SSSR count). The highest BCUT2D eigenvalue weighted by Crippen LogP contribution is 2.29. The zero-order valence-electron chi connectivity index (χ0n) is 10.3. The molecule has 1 heterocycles. The molecule has 3 nitrogen and oxygen atoms in total. The molecule has 0 amide bonds. The highest BCUT2D eigenvalue weighted by Gasteiger charge is 2.36. The van der Waals surface area contributed by atoms with Crippen molar-refractivity contribution in [2.24, 2.45) is 0 Å². The topological polar surface area (TPSA) is 27.7 Å². The van der Waals surface area contributed by atoms with E-state index in [4.69, 9.17) is 14.2 Å². The molecule has 0 aromatic rings. The standard InChI is InChI=1S/C12H24O3/c1-4-7-12(8-5-2)14-9-11(10-15-12)13-6-3/h11H,4-10H2,1-3H3. The summed E-state index contributed by atoms with van der Waals surface area (Å²) in [6, 6.07) is 0. The van der Waals surface area contributed by atoms with Crippen molar-refractivity contribution in [1.29, 1.82) is 0 Å². The molecule has 3 heteroatoms. The van der Waals surface area contributed by atoms with Gasteiger partial charge < -0.3 is 14.2 Å². The van der Waals surface area contributed by atoms with Gasteiger partial charge in [0, 0.05) is 19.4 Å². The normalized spacial score (nSPS) is 21.8. The molecule has 0 saturated carbocycles. The van der Waals surface area contributed by atoms with Crippen LogP contribution in [0.2, 0.25) is 0 Å². The van der Waals surface area contributed by atoms with E-state index >= 15 is 0 Å². The summed E-state index contributed by atoms with van der Waals surface area (Å²) in [6.07, 6.45) is 4.29. The first kappa shape index (κ1) is 12.9. The molecular formula is C12H24O3. The van der Waals surface area contributed by atoms with Gasteiger partial charge in [-0.15, -0.1) is 0 Å². The Morgan fingerprint density at radius 1 is 1.07 bits per heavy atom. The maximum Gasteiger partial charge on any atom is 0.168 e. The van der Waals surface area contributed by atoms with Crippen molar-refractivity contribution in [1.82, 2.24) is 0 Å². The molecule has 1 saturated heterocycles. The first-order valence-corrected chi connectivity index (χ1v) is 6.15. The van der Waals surface area contributed by atoms with Crippen LogP contribution in [0.15, 0.2) is 0 Å². The maximum atomic E-state index is 5.86. The lowest BCUT2D eigenvalue weighted by molar-refractivity contribution is -0.303. The summed E-state index contributed by atoms with van der Waals surface area (Å²) < 4.78 is 17.2. The van der Waals surface area contributed by atoms with Gasteiger partial charge in [-0.25, -0.2) is 0 Å². The Morgan fingerprint density at radius 2 is 1.60 bits per heavy atom. The smallest absolute Gasteiger partial charge is 0.168 e. The molecule has 0 bridgehead atoms. The monoisotopic (exact) mass is 216 g/mol. The SMILES string of the molecule is CCCC1(CCC)OCC(OCC)CO1. The van der Waals surface area contributed by atoms with Crippen molar-refractivity contribution in [3.05, 3.63) is 0 Å². The van der Waals surface area contributed by atoms with Gasteiger partial charge in [0.1, 0.15) is 6.10 Å². The van der Waals surface area contributed by atoms with E-state index in [2.05, 4.69) is 13.8 Å². The first-order chi connectivity index (χ1) is 7.26. The summed E-state index contributed by atoms with van der Waals surface area (Å²) in [5.74, 6) is -0.322. The number of ether oxygens (including phenoxy) is 3. The molecule has 0 aliphatic carbocycles. The predicted molar refractivity (Wildman–Crippen MR) is 59.9 cm³/mol. The van der Waals surface area contributed by atoms with Crippen LogP contribution >= 0.6 is 0 Å². The van der Waals surface area contributed by atoms with E-state index in [9.17, 15) is 0 Å². The Balaban J connectivity index is 2.41. The van der Waals surface area contributed by atoms with Crippen molar-refractivity contribution in [2.75, 3.05) is 19.8 Å². The van der Waals surface area contributed by atoms with Crippen LogP contribution in [0, 0.1) is 0 Å². The first-order valence-electron chi connectivity index (χ1n) is 6.15. The highest BCUT2D eigenvalue weighted by atomic mass is 16.7. The van der Waals surface area contributed by atoms with Crippen molar-refractivity contribution >= 4 is 0 Å². The van der Waals surface area contributed by atoms with Crippen LogP contribution < -0.4 is 0 Å². The van der Waals surface area contributed by atoms with Crippen molar-refractivity contribution in [2.45, 2.75) is 58.3 Å². The minimum atomic E-state index is -0.322. The van der Waals surface area contributed by atoms with Gasteiger partial charge in [0.15, 0.2) is 5.79 Å². The lowest BCUT2D eigenvalue weighted by atomic mass is 10.0. The summed E-state index contributed by atoms with van der Waals surface area (Å²) in [6.45, 7) is 8.41. The summed E-state index contributed by atoms with van der Waals surface area (Å²) in [5.41, 5.74) is 0. The largest absolute Gasteiger partial charge is 0.374 e. The van der Waals surface area contributed by atoms with Crippen LogP contribution in [0.1, 0.15) is 46.5 Å². The van der Waals surface area contributed by atoms with E-state index < -0.39 is 0 Å². The minimum absolute atomic E-state index is 0.122. The third kappa shape index (κ3) is 3.74. The summed E-state index contributed by atoms with van der Waals surface area (Å²) >= 11 is 0. The summed E-state index contributed by atoms with van der Waals surface area (Å²) in [7, 11) is 0. The van der Waals surface area contributed by atoms with E-state index in [1.165, 1.54) is 0 Å². The lowest BCUT2D eigenvalue weighted by Crippen LogP contribution is -2.47. The van der Waals surface area contributed by atoms with Gasteiger partial charge in [0.25, 0.3) is 0 Å². The van der Waals surface area contributed by atoms with Crippen LogP contribution in [0.25, 0.3) is 0 Å². The Hall–Kier alpha value is -0.120. The van der Waals surface area contributed by atoms with Crippen molar-refractivity contribution in [3.63, 3.8) is 0 Å². The fourth-order valence-corrected chi connectivity index (χ4v) is 2.09. The van der Waals surface area contributed by atoms with Crippen LogP contribution in [-0.4, -0.2) is 31.7 Å². The summed E-state index contributed by atoms with van der Waals surface area (Å²) in [5, 5.41) is 0. The third-order valence-corrected chi connectivity index (χ3v) is 2.73. The van der Waals surface area contributed by atoms with Gasteiger partial charge in [-0.1, -0.05) is 26.7 Å².